The van der Waals surface area contributed by atoms with Crippen molar-refractivity contribution in [3.05, 3.63) is 34.9 Å². The standard InChI is InChI=1S/C12H14F2O2/c1-7(2)9-5-8(3-4-11(15)16)12(14)10(13)6-9/h5-7H,3-4H2,1-2H3,(H,15,16). The highest BCUT2D eigenvalue weighted by Crippen LogP contribution is 2.22. The van der Waals surface area contributed by atoms with Crippen LogP contribution >= 0.6 is 0 Å². The van der Waals surface area contributed by atoms with Crippen LogP contribution in [0.4, 0.5) is 8.78 Å². The van der Waals surface area contributed by atoms with Gasteiger partial charge in [-0.25, -0.2) is 8.78 Å². The molecule has 2 nitrogen and oxygen atoms in total. The van der Waals surface area contributed by atoms with E-state index in [4.69, 9.17) is 5.11 Å². The summed E-state index contributed by atoms with van der Waals surface area (Å²) in [6, 6.07) is 2.69. The highest BCUT2D eigenvalue weighted by molar-refractivity contribution is 5.67. The van der Waals surface area contributed by atoms with Crippen LogP contribution in [0.15, 0.2) is 12.1 Å². The Labute approximate surface area is 92.9 Å². The summed E-state index contributed by atoms with van der Waals surface area (Å²) < 4.78 is 26.5. The van der Waals surface area contributed by atoms with Crippen LogP contribution in [0.1, 0.15) is 37.3 Å². The third kappa shape index (κ3) is 3.02. The van der Waals surface area contributed by atoms with E-state index >= 15 is 0 Å². The predicted octanol–water partition coefficient (Wildman–Crippen LogP) is 3.11. The van der Waals surface area contributed by atoms with Crippen molar-refractivity contribution in [2.75, 3.05) is 0 Å². The molecule has 0 bridgehead atoms. The van der Waals surface area contributed by atoms with Crippen LogP contribution in [0.25, 0.3) is 0 Å². The van der Waals surface area contributed by atoms with Crippen LogP contribution in [0.2, 0.25) is 0 Å². The van der Waals surface area contributed by atoms with Crippen LogP contribution in [0, 0.1) is 11.6 Å². The lowest BCUT2D eigenvalue weighted by atomic mass is 9.98. The van der Waals surface area contributed by atoms with Crippen LogP contribution in [-0.4, -0.2) is 11.1 Å². The molecule has 0 aromatic heterocycles. The molecule has 0 aliphatic rings. The molecule has 1 rings (SSSR count). The van der Waals surface area contributed by atoms with E-state index in [-0.39, 0.29) is 24.3 Å². The molecule has 0 aliphatic heterocycles. The quantitative estimate of drug-likeness (QED) is 0.859. The topological polar surface area (TPSA) is 37.3 Å². The second-order valence-corrected chi connectivity index (χ2v) is 4.02. The highest BCUT2D eigenvalue weighted by Gasteiger charge is 2.13. The number of halogens is 2. The van der Waals surface area contributed by atoms with Crippen molar-refractivity contribution in [2.45, 2.75) is 32.6 Å². The molecule has 0 unspecified atom stereocenters. The molecule has 4 heteroatoms. The molecule has 0 radical (unpaired) electrons. The van der Waals surface area contributed by atoms with E-state index in [1.807, 2.05) is 13.8 Å². The van der Waals surface area contributed by atoms with Gasteiger partial charge in [0.2, 0.25) is 0 Å². The first-order valence-corrected chi connectivity index (χ1v) is 5.11. The van der Waals surface area contributed by atoms with Crippen LogP contribution in [0.3, 0.4) is 0 Å². The van der Waals surface area contributed by atoms with Gasteiger partial charge in [-0.15, -0.1) is 0 Å². The van der Waals surface area contributed by atoms with Gasteiger partial charge in [0.1, 0.15) is 0 Å². The number of carbonyl (C=O) groups is 1. The fourth-order valence-electron chi connectivity index (χ4n) is 1.43. The molecule has 0 amide bonds. The summed E-state index contributed by atoms with van der Waals surface area (Å²) in [5.41, 5.74) is 0.811. The minimum atomic E-state index is -1.02. The number of aryl methyl sites for hydroxylation is 1. The van der Waals surface area contributed by atoms with Gasteiger partial charge in [-0.1, -0.05) is 19.9 Å². The average Bonchev–Trinajstić information content (AvgIpc) is 2.19. The van der Waals surface area contributed by atoms with Crippen LogP contribution in [-0.2, 0) is 11.2 Å². The van der Waals surface area contributed by atoms with E-state index in [1.165, 1.54) is 6.07 Å². The lowest BCUT2D eigenvalue weighted by Crippen LogP contribution is -2.03. The maximum absolute atomic E-state index is 13.3. The van der Waals surface area contributed by atoms with E-state index in [0.29, 0.717) is 5.56 Å². The summed E-state index contributed by atoms with van der Waals surface area (Å²) >= 11 is 0. The Morgan fingerprint density at radius 1 is 1.38 bits per heavy atom. The second-order valence-electron chi connectivity index (χ2n) is 4.02. The molecule has 0 atom stereocenters. The molecular weight excluding hydrogens is 214 g/mol. The average molecular weight is 228 g/mol. The number of hydrogen-bond donors (Lipinski definition) is 1. The van der Waals surface area contributed by atoms with Crippen molar-refractivity contribution >= 4 is 5.97 Å². The third-order valence-corrected chi connectivity index (χ3v) is 2.40. The van der Waals surface area contributed by atoms with Crippen LogP contribution < -0.4 is 0 Å². The second kappa shape index (κ2) is 5.05. The Kier molecular flexibility index (Phi) is 3.99. The van der Waals surface area contributed by atoms with Gasteiger partial charge in [-0.05, 0) is 29.5 Å². The van der Waals surface area contributed by atoms with E-state index in [0.717, 1.165) is 6.07 Å². The first-order valence-electron chi connectivity index (χ1n) is 5.11. The maximum Gasteiger partial charge on any atom is 0.303 e. The number of rotatable bonds is 4. The van der Waals surface area contributed by atoms with Crippen molar-refractivity contribution in [2.24, 2.45) is 0 Å². The lowest BCUT2D eigenvalue weighted by molar-refractivity contribution is -0.136. The fraction of sp³-hybridized carbons (Fsp3) is 0.417. The predicted molar refractivity (Wildman–Crippen MR) is 56.4 cm³/mol. The summed E-state index contributed by atoms with van der Waals surface area (Å²) in [5, 5.41) is 8.50. The zero-order valence-electron chi connectivity index (χ0n) is 9.26. The van der Waals surface area contributed by atoms with E-state index in [2.05, 4.69) is 0 Å². The molecular formula is C12H14F2O2. The summed E-state index contributed by atoms with van der Waals surface area (Å²) in [5.74, 6) is -2.79. The Bertz CT molecular complexity index is 400. The van der Waals surface area contributed by atoms with Gasteiger partial charge < -0.3 is 5.11 Å². The highest BCUT2D eigenvalue weighted by atomic mass is 19.2. The number of carboxylic acid groups (broad SMARTS) is 1. The Morgan fingerprint density at radius 2 is 2.00 bits per heavy atom. The van der Waals surface area contributed by atoms with E-state index in [9.17, 15) is 13.6 Å². The Balaban J connectivity index is 3.01. The normalized spacial score (nSPS) is 10.8. The summed E-state index contributed by atoms with van der Waals surface area (Å²) in [6.07, 6.45) is -0.184. The Hall–Kier alpha value is -1.45. The molecule has 0 spiro atoms. The fourth-order valence-corrected chi connectivity index (χ4v) is 1.43. The van der Waals surface area contributed by atoms with Crippen molar-refractivity contribution < 1.29 is 18.7 Å². The SMILES string of the molecule is CC(C)c1cc(F)c(F)c(CCC(=O)O)c1. The smallest absolute Gasteiger partial charge is 0.303 e. The molecule has 0 fully saturated rings. The molecule has 1 N–H and O–H groups in total. The molecule has 0 saturated heterocycles. The largest absolute Gasteiger partial charge is 0.481 e. The van der Waals surface area contributed by atoms with Gasteiger partial charge in [0.25, 0.3) is 0 Å². The maximum atomic E-state index is 13.3. The summed E-state index contributed by atoms with van der Waals surface area (Å²) in [7, 11) is 0. The molecule has 16 heavy (non-hydrogen) atoms. The van der Waals surface area contributed by atoms with Gasteiger partial charge >= 0.3 is 5.97 Å². The van der Waals surface area contributed by atoms with Gasteiger partial charge in [0.05, 0.1) is 0 Å². The summed E-state index contributed by atoms with van der Waals surface area (Å²) in [4.78, 5) is 10.4. The minimum absolute atomic E-state index is 0.0125. The van der Waals surface area contributed by atoms with Crippen LogP contribution in [0.5, 0.6) is 0 Å². The third-order valence-electron chi connectivity index (χ3n) is 2.40. The molecule has 1 aromatic carbocycles. The molecule has 1 aromatic rings. The minimum Gasteiger partial charge on any atom is -0.481 e. The number of carboxylic acids is 1. The van der Waals surface area contributed by atoms with Crippen molar-refractivity contribution in [1.82, 2.24) is 0 Å². The Morgan fingerprint density at radius 3 is 2.50 bits per heavy atom. The van der Waals surface area contributed by atoms with Gasteiger partial charge in [0, 0.05) is 6.42 Å². The van der Waals surface area contributed by atoms with Gasteiger partial charge in [-0.2, -0.15) is 0 Å². The zero-order chi connectivity index (χ0) is 12.3. The first kappa shape index (κ1) is 12.6. The number of benzene rings is 1. The first-order chi connectivity index (χ1) is 7.41. The number of hydrogen-bond acceptors (Lipinski definition) is 1. The molecule has 0 saturated carbocycles. The van der Waals surface area contributed by atoms with Gasteiger partial charge in [-0.3, -0.25) is 4.79 Å². The van der Waals surface area contributed by atoms with E-state index < -0.39 is 17.6 Å². The van der Waals surface area contributed by atoms with Crippen molar-refractivity contribution in [1.29, 1.82) is 0 Å². The zero-order valence-corrected chi connectivity index (χ0v) is 9.26. The number of aliphatic carboxylic acids is 1. The van der Waals surface area contributed by atoms with Crippen molar-refractivity contribution in [3.63, 3.8) is 0 Å². The molecule has 0 heterocycles. The molecule has 88 valence electrons. The van der Waals surface area contributed by atoms with Gasteiger partial charge in [0.15, 0.2) is 11.6 Å². The van der Waals surface area contributed by atoms with Crippen molar-refractivity contribution in [3.8, 4) is 0 Å². The summed E-state index contributed by atoms with van der Waals surface area (Å²) in [6.45, 7) is 3.74. The van der Waals surface area contributed by atoms with E-state index in [1.54, 1.807) is 0 Å². The monoisotopic (exact) mass is 228 g/mol. The molecule has 0 aliphatic carbocycles. The lowest BCUT2D eigenvalue weighted by Gasteiger charge is -2.09.